The van der Waals surface area contributed by atoms with Gasteiger partial charge < -0.3 is 4.90 Å². The van der Waals surface area contributed by atoms with Crippen LogP contribution in [0.2, 0.25) is 0 Å². The average Bonchev–Trinajstić information content (AvgIpc) is 3.14. The smallest absolute Gasteiger partial charge is 0.0979 e. The molecule has 1 aromatic heterocycles. The standard InChI is InChI=1S/C27H33N3S/c1-6-30(5)17-28-25-14-18(2)24(13-19(25)3)16-26-29-27(20(4)31-26)23-12-11-21-9-7-8-10-22(21)15-23/h11-15,17H,6-10,16H2,1-5H3/b28-17+. The molecule has 3 nitrogen and oxygen atoms in total. The molecule has 2 aromatic carbocycles. The maximum absolute atomic E-state index is 5.07. The fraction of sp³-hybridized carbons (Fsp3) is 0.407. The second-order valence-corrected chi connectivity index (χ2v) is 10.1. The molecule has 162 valence electrons. The van der Waals surface area contributed by atoms with Crippen molar-refractivity contribution in [3.05, 3.63) is 68.0 Å². The van der Waals surface area contributed by atoms with Gasteiger partial charge in [0.1, 0.15) is 0 Å². The first-order valence-corrected chi connectivity index (χ1v) is 12.2. The molecule has 4 rings (SSSR count). The summed E-state index contributed by atoms with van der Waals surface area (Å²) in [5.41, 5.74) is 10.4. The summed E-state index contributed by atoms with van der Waals surface area (Å²) in [6.07, 6.45) is 7.86. The van der Waals surface area contributed by atoms with E-state index in [1.165, 1.54) is 68.9 Å². The first-order chi connectivity index (χ1) is 14.9. The van der Waals surface area contributed by atoms with Crippen molar-refractivity contribution in [2.75, 3.05) is 13.6 Å². The quantitative estimate of drug-likeness (QED) is 0.316. The van der Waals surface area contributed by atoms with Crippen LogP contribution in [0.4, 0.5) is 5.69 Å². The predicted octanol–water partition coefficient (Wildman–Crippen LogP) is 6.82. The van der Waals surface area contributed by atoms with Crippen molar-refractivity contribution in [2.24, 2.45) is 4.99 Å². The zero-order valence-electron chi connectivity index (χ0n) is 19.5. The third-order valence-electron chi connectivity index (χ3n) is 6.35. The molecule has 0 N–H and O–H groups in total. The number of rotatable bonds is 6. The molecule has 31 heavy (non-hydrogen) atoms. The molecule has 0 radical (unpaired) electrons. The SMILES string of the molecule is CCN(C)/C=N/c1cc(C)c(Cc2nc(-c3ccc4c(c3)CCCC4)c(C)s2)cc1C. The number of fused-ring (bicyclic) bond motifs is 1. The number of hydrogen-bond acceptors (Lipinski definition) is 3. The van der Waals surface area contributed by atoms with Crippen LogP contribution in [0.15, 0.2) is 35.3 Å². The van der Waals surface area contributed by atoms with E-state index in [4.69, 9.17) is 4.98 Å². The van der Waals surface area contributed by atoms with Crippen LogP contribution < -0.4 is 0 Å². The van der Waals surface area contributed by atoms with Gasteiger partial charge in [0.25, 0.3) is 0 Å². The van der Waals surface area contributed by atoms with E-state index in [2.05, 4.69) is 67.9 Å². The number of thiazole rings is 1. The lowest BCUT2D eigenvalue weighted by Gasteiger charge is -2.16. The summed E-state index contributed by atoms with van der Waals surface area (Å²) >= 11 is 1.83. The summed E-state index contributed by atoms with van der Waals surface area (Å²) in [5.74, 6) is 0. The van der Waals surface area contributed by atoms with Crippen LogP contribution in [0.3, 0.4) is 0 Å². The van der Waals surface area contributed by atoms with E-state index in [0.717, 1.165) is 24.3 Å². The maximum atomic E-state index is 5.07. The van der Waals surface area contributed by atoms with Gasteiger partial charge in [-0.05, 0) is 93.3 Å². The van der Waals surface area contributed by atoms with Crippen molar-refractivity contribution < 1.29 is 0 Å². The first-order valence-electron chi connectivity index (χ1n) is 11.4. The van der Waals surface area contributed by atoms with E-state index in [1.807, 2.05) is 24.7 Å². The lowest BCUT2D eigenvalue weighted by molar-refractivity contribution is 0.552. The highest BCUT2D eigenvalue weighted by atomic mass is 32.1. The molecule has 0 amide bonds. The van der Waals surface area contributed by atoms with Gasteiger partial charge in [-0.1, -0.05) is 18.2 Å². The van der Waals surface area contributed by atoms with Crippen molar-refractivity contribution in [3.8, 4) is 11.3 Å². The lowest BCUT2D eigenvalue weighted by atomic mass is 9.90. The lowest BCUT2D eigenvalue weighted by Crippen LogP contribution is -2.14. The summed E-state index contributed by atoms with van der Waals surface area (Å²) in [6.45, 7) is 9.61. The second kappa shape index (κ2) is 9.35. The molecular weight excluding hydrogens is 398 g/mol. The van der Waals surface area contributed by atoms with Gasteiger partial charge >= 0.3 is 0 Å². The van der Waals surface area contributed by atoms with E-state index in [-0.39, 0.29) is 0 Å². The highest BCUT2D eigenvalue weighted by Gasteiger charge is 2.15. The Labute approximate surface area is 190 Å². The molecule has 1 aliphatic carbocycles. The van der Waals surface area contributed by atoms with Crippen LogP contribution >= 0.6 is 11.3 Å². The van der Waals surface area contributed by atoms with Gasteiger partial charge in [-0.2, -0.15) is 0 Å². The topological polar surface area (TPSA) is 28.5 Å². The molecule has 0 unspecified atom stereocenters. The first kappa shape index (κ1) is 21.8. The molecule has 4 heteroatoms. The van der Waals surface area contributed by atoms with Gasteiger partial charge in [0.15, 0.2) is 0 Å². The Balaban J connectivity index is 1.57. The number of hydrogen-bond donors (Lipinski definition) is 0. The van der Waals surface area contributed by atoms with Gasteiger partial charge in [-0.15, -0.1) is 11.3 Å². The molecule has 0 atom stereocenters. The molecule has 0 spiro atoms. The van der Waals surface area contributed by atoms with E-state index in [9.17, 15) is 0 Å². The summed E-state index contributed by atoms with van der Waals surface area (Å²) in [4.78, 5) is 13.1. The third-order valence-corrected chi connectivity index (χ3v) is 7.32. The van der Waals surface area contributed by atoms with Crippen molar-refractivity contribution in [2.45, 2.75) is 59.8 Å². The van der Waals surface area contributed by atoms with Crippen molar-refractivity contribution in [1.82, 2.24) is 9.88 Å². The highest BCUT2D eigenvalue weighted by Crippen LogP contribution is 2.33. The normalized spacial score (nSPS) is 13.6. The van der Waals surface area contributed by atoms with E-state index in [0.29, 0.717) is 0 Å². The molecule has 3 aromatic rings. The maximum Gasteiger partial charge on any atom is 0.0979 e. The summed E-state index contributed by atoms with van der Waals surface area (Å²) in [6, 6.07) is 11.5. The van der Waals surface area contributed by atoms with Crippen molar-refractivity contribution in [3.63, 3.8) is 0 Å². The zero-order chi connectivity index (χ0) is 22.0. The fourth-order valence-electron chi connectivity index (χ4n) is 4.27. The Morgan fingerprint density at radius 3 is 2.58 bits per heavy atom. The molecule has 0 aliphatic heterocycles. The van der Waals surface area contributed by atoms with E-state index in [1.54, 1.807) is 0 Å². The van der Waals surface area contributed by atoms with Crippen LogP contribution in [0.5, 0.6) is 0 Å². The second-order valence-electron chi connectivity index (χ2n) is 8.76. The van der Waals surface area contributed by atoms with Crippen LogP contribution in [0.25, 0.3) is 11.3 Å². The largest absolute Gasteiger partial charge is 0.366 e. The fourth-order valence-corrected chi connectivity index (χ4v) is 5.25. The van der Waals surface area contributed by atoms with Crippen molar-refractivity contribution in [1.29, 1.82) is 0 Å². The minimum absolute atomic E-state index is 0.877. The van der Waals surface area contributed by atoms with Gasteiger partial charge in [-0.25, -0.2) is 9.98 Å². The molecule has 0 bridgehead atoms. The highest BCUT2D eigenvalue weighted by molar-refractivity contribution is 7.12. The van der Waals surface area contributed by atoms with E-state index < -0.39 is 0 Å². The minimum atomic E-state index is 0.877. The molecule has 1 heterocycles. The predicted molar refractivity (Wildman–Crippen MR) is 134 cm³/mol. The number of aliphatic imine (C=N–C) groups is 1. The zero-order valence-corrected chi connectivity index (χ0v) is 20.3. The number of nitrogens with zero attached hydrogens (tertiary/aromatic N) is 3. The van der Waals surface area contributed by atoms with Crippen molar-refractivity contribution >= 4 is 23.4 Å². The third kappa shape index (κ3) is 4.90. The molecular formula is C27H33N3S. The Morgan fingerprint density at radius 2 is 1.81 bits per heavy atom. The monoisotopic (exact) mass is 431 g/mol. The number of aryl methyl sites for hydroxylation is 5. The van der Waals surface area contributed by atoms with Gasteiger partial charge in [0, 0.05) is 30.5 Å². The molecule has 0 fully saturated rings. The molecule has 0 saturated heterocycles. The van der Waals surface area contributed by atoms with E-state index >= 15 is 0 Å². The summed E-state index contributed by atoms with van der Waals surface area (Å²) in [5, 5.41) is 1.19. The Bertz CT molecular complexity index is 1110. The van der Waals surface area contributed by atoms with Gasteiger partial charge in [-0.3, -0.25) is 0 Å². The Morgan fingerprint density at radius 1 is 1.03 bits per heavy atom. The van der Waals surface area contributed by atoms with Crippen LogP contribution in [-0.4, -0.2) is 29.8 Å². The summed E-state index contributed by atoms with van der Waals surface area (Å²) < 4.78 is 0. The average molecular weight is 432 g/mol. The Kier molecular flexibility index (Phi) is 6.57. The summed E-state index contributed by atoms with van der Waals surface area (Å²) in [7, 11) is 2.05. The van der Waals surface area contributed by atoms with Gasteiger partial charge in [0.05, 0.1) is 22.7 Å². The minimum Gasteiger partial charge on any atom is -0.366 e. The molecule has 1 aliphatic rings. The van der Waals surface area contributed by atoms with Crippen LogP contribution in [-0.2, 0) is 19.3 Å². The van der Waals surface area contributed by atoms with Gasteiger partial charge in [0.2, 0.25) is 0 Å². The number of aromatic nitrogens is 1. The number of benzene rings is 2. The van der Waals surface area contributed by atoms with Crippen LogP contribution in [0.1, 0.15) is 57.5 Å². The van der Waals surface area contributed by atoms with Crippen LogP contribution in [0, 0.1) is 20.8 Å². The molecule has 0 saturated carbocycles. The Hall–Kier alpha value is -2.46.